The average molecular weight is 605 g/mol. The van der Waals surface area contributed by atoms with Gasteiger partial charge in [-0.2, -0.15) is 0 Å². The van der Waals surface area contributed by atoms with Crippen LogP contribution < -0.4 is 5.73 Å². The summed E-state index contributed by atoms with van der Waals surface area (Å²) in [5, 5.41) is 11.1. The van der Waals surface area contributed by atoms with Gasteiger partial charge in [-0.25, -0.2) is 19.6 Å². The molecule has 0 fully saturated rings. The maximum Gasteiger partial charge on any atom is 0.358 e. The lowest BCUT2D eigenvalue weighted by molar-refractivity contribution is -0.384. The van der Waals surface area contributed by atoms with Gasteiger partial charge in [-0.3, -0.25) is 18.9 Å². The number of benzene rings is 2. The normalized spacial score (nSPS) is 10.8. The highest BCUT2D eigenvalue weighted by molar-refractivity contribution is 7.20. The van der Waals surface area contributed by atoms with Crippen LogP contribution in [0.4, 0.5) is 11.4 Å². The summed E-state index contributed by atoms with van der Waals surface area (Å²) in [5.41, 5.74) is 8.78. The number of thiazole rings is 2. The lowest BCUT2D eigenvalue weighted by Crippen LogP contribution is -2.04. The maximum atomic E-state index is 11.6. The second-order valence-electron chi connectivity index (χ2n) is 8.63. The fourth-order valence-electron chi connectivity index (χ4n) is 4.01. The number of hydrogen-bond donors (Lipinski definition) is 1. The highest BCUT2D eigenvalue weighted by Gasteiger charge is 2.19. The SMILES string of the molecule is CCOC(=O)c1cn2cc(-c3ccccc3N)sc2n1.CCOC(=O)c1cn2cc(-c3ccccc3[N+](=O)[O-])sc2n1. The Labute approximate surface area is 246 Å². The van der Waals surface area contributed by atoms with Gasteiger partial charge in [-0.15, -0.1) is 0 Å². The molecule has 0 atom stereocenters. The molecule has 0 radical (unpaired) electrons. The van der Waals surface area contributed by atoms with Crippen molar-refractivity contribution in [2.75, 3.05) is 18.9 Å². The number of esters is 2. The molecule has 214 valence electrons. The summed E-state index contributed by atoms with van der Waals surface area (Å²) in [6, 6.07) is 14.2. The van der Waals surface area contributed by atoms with Gasteiger partial charge >= 0.3 is 11.9 Å². The Balaban J connectivity index is 0.000000169. The van der Waals surface area contributed by atoms with Crippen LogP contribution in [-0.4, -0.2) is 48.8 Å². The Hall–Kier alpha value is -5.08. The molecule has 0 aliphatic heterocycles. The molecule has 0 aliphatic rings. The van der Waals surface area contributed by atoms with Gasteiger partial charge in [0.05, 0.1) is 33.5 Å². The van der Waals surface area contributed by atoms with Crippen molar-refractivity contribution >= 4 is 55.9 Å². The number of rotatable bonds is 7. The molecule has 4 aromatic heterocycles. The summed E-state index contributed by atoms with van der Waals surface area (Å²) in [4.78, 5) is 45.4. The molecule has 0 bridgehead atoms. The molecular weight excluding hydrogens is 580 g/mol. The molecule has 6 aromatic rings. The number of carbonyl (C=O) groups excluding carboxylic acids is 2. The number of anilines is 1. The summed E-state index contributed by atoms with van der Waals surface area (Å²) in [7, 11) is 0. The zero-order valence-corrected chi connectivity index (χ0v) is 24.1. The van der Waals surface area contributed by atoms with Crippen molar-refractivity contribution < 1.29 is 24.0 Å². The van der Waals surface area contributed by atoms with E-state index in [4.69, 9.17) is 15.2 Å². The van der Waals surface area contributed by atoms with Crippen LogP contribution in [0.1, 0.15) is 34.8 Å². The lowest BCUT2D eigenvalue weighted by Gasteiger charge is -2.00. The van der Waals surface area contributed by atoms with Crippen LogP contribution in [0.15, 0.2) is 73.3 Å². The first-order valence-corrected chi connectivity index (χ1v) is 14.3. The second-order valence-corrected chi connectivity index (χ2v) is 10.6. The zero-order chi connectivity index (χ0) is 29.8. The molecule has 0 aliphatic carbocycles. The Kier molecular flexibility index (Phi) is 8.26. The van der Waals surface area contributed by atoms with E-state index in [1.54, 1.807) is 55.0 Å². The third-order valence-corrected chi connectivity index (χ3v) is 7.93. The summed E-state index contributed by atoms with van der Waals surface area (Å²) >= 11 is 2.76. The highest BCUT2D eigenvalue weighted by Crippen LogP contribution is 2.35. The molecule has 14 heteroatoms. The summed E-state index contributed by atoms with van der Waals surface area (Å²) in [6.07, 6.45) is 6.87. The molecule has 0 saturated heterocycles. The Bertz CT molecular complexity index is 1860. The van der Waals surface area contributed by atoms with Crippen molar-refractivity contribution in [2.24, 2.45) is 0 Å². The standard InChI is InChI=1S/C14H11N3O4S.C14H13N3O2S/c1-2-21-13(18)10-7-16-8-12(22-14(16)15-10)9-5-3-4-6-11(9)17(19)20;1-2-19-13(18)11-7-17-8-12(20-14(17)16-11)9-5-3-4-6-10(9)15/h3-8H,2H2,1H3;3-8H,2,15H2,1H3. The minimum atomic E-state index is -0.481. The van der Waals surface area contributed by atoms with Gasteiger partial charge in [-0.1, -0.05) is 53.0 Å². The van der Waals surface area contributed by atoms with E-state index in [2.05, 4.69) is 9.97 Å². The third-order valence-electron chi connectivity index (χ3n) is 5.87. The number of ether oxygens (including phenoxy) is 2. The number of aromatic nitrogens is 4. The minimum absolute atomic E-state index is 0.0395. The monoisotopic (exact) mass is 604 g/mol. The number of nitrogens with zero attached hydrogens (tertiary/aromatic N) is 5. The van der Waals surface area contributed by atoms with E-state index in [1.807, 2.05) is 34.9 Å². The molecule has 0 unspecified atom stereocenters. The molecular formula is C28H24N6O6S2. The number of carbonyl (C=O) groups is 2. The number of nitrogens with two attached hydrogens (primary N) is 1. The van der Waals surface area contributed by atoms with Gasteiger partial charge in [-0.05, 0) is 26.0 Å². The molecule has 2 N–H and O–H groups in total. The van der Waals surface area contributed by atoms with Gasteiger partial charge in [0.2, 0.25) is 0 Å². The summed E-state index contributed by atoms with van der Waals surface area (Å²) < 4.78 is 13.3. The topological polar surface area (TPSA) is 156 Å². The van der Waals surface area contributed by atoms with Crippen molar-refractivity contribution in [1.29, 1.82) is 0 Å². The van der Waals surface area contributed by atoms with Crippen LogP contribution >= 0.6 is 22.7 Å². The van der Waals surface area contributed by atoms with E-state index in [-0.39, 0.29) is 18.0 Å². The number of nitro benzene ring substituents is 1. The molecule has 2 aromatic carbocycles. The number of hydrogen-bond acceptors (Lipinski definition) is 11. The van der Waals surface area contributed by atoms with Crippen LogP contribution in [0.5, 0.6) is 0 Å². The van der Waals surface area contributed by atoms with Gasteiger partial charge in [0, 0.05) is 42.1 Å². The molecule has 4 heterocycles. The van der Waals surface area contributed by atoms with Crippen LogP contribution in [-0.2, 0) is 9.47 Å². The van der Waals surface area contributed by atoms with Crippen molar-refractivity contribution in [3.05, 3.63) is 94.8 Å². The fraction of sp³-hybridized carbons (Fsp3) is 0.143. The van der Waals surface area contributed by atoms with Crippen LogP contribution in [0.25, 0.3) is 30.8 Å². The van der Waals surface area contributed by atoms with E-state index in [0.717, 1.165) is 21.1 Å². The largest absolute Gasteiger partial charge is 0.461 e. The number of fused-ring (bicyclic) bond motifs is 2. The van der Waals surface area contributed by atoms with Crippen molar-refractivity contribution in [3.63, 3.8) is 0 Å². The quantitative estimate of drug-likeness (QED) is 0.100. The minimum Gasteiger partial charge on any atom is -0.461 e. The molecule has 0 spiro atoms. The lowest BCUT2D eigenvalue weighted by atomic mass is 10.1. The van der Waals surface area contributed by atoms with Crippen molar-refractivity contribution in [2.45, 2.75) is 13.8 Å². The molecule has 0 saturated carbocycles. The van der Waals surface area contributed by atoms with Crippen LogP contribution in [0, 0.1) is 10.1 Å². The molecule has 42 heavy (non-hydrogen) atoms. The second kappa shape index (κ2) is 12.2. The summed E-state index contributed by atoms with van der Waals surface area (Å²) in [6.45, 7) is 4.12. The Morgan fingerprint density at radius 3 is 1.76 bits per heavy atom. The first kappa shape index (κ1) is 28.4. The highest BCUT2D eigenvalue weighted by atomic mass is 32.1. The van der Waals surface area contributed by atoms with E-state index >= 15 is 0 Å². The van der Waals surface area contributed by atoms with E-state index in [0.29, 0.717) is 27.7 Å². The van der Waals surface area contributed by atoms with Crippen LogP contribution in [0.3, 0.4) is 0 Å². The Morgan fingerprint density at radius 2 is 1.29 bits per heavy atom. The summed E-state index contributed by atoms with van der Waals surface area (Å²) in [5.74, 6) is -0.880. The van der Waals surface area contributed by atoms with E-state index in [9.17, 15) is 19.7 Å². The van der Waals surface area contributed by atoms with Gasteiger partial charge in [0.25, 0.3) is 5.69 Å². The van der Waals surface area contributed by atoms with E-state index in [1.165, 1.54) is 28.7 Å². The average Bonchev–Trinajstić information content (AvgIpc) is 3.74. The zero-order valence-electron chi connectivity index (χ0n) is 22.4. The number of imidazole rings is 2. The van der Waals surface area contributed by atoms with Crippen molar-refractivity contribution in [1.82, 2.24) is 18.8 Å². The predicted octanol–water partition coefficient (Wildman–Crippen LogP) is 5.97. The number of nitrogen functional groups attached to an aromatic ring is 1. The van der Waals surface area contributed by atoms with E-state index < -0.39 is 16.9 Å². The van der Waals surface area contributed by atoms with Gasteiger partial charge in [0.1, 0.15) is 0 Å². The number of para-hydroxylation sites is 2. The Morgan fingerprint density at radius 1 is 0.810 bits per heavy atom. The van der Waals surface area contributed by atoms with Crippen molar-refractivity contribution in [3.8, 4) is 20.9 Å². The number of nitro groups is 1. The fourth-order valence-corrected chi connectivity index (χ4v) is 6.02. The maximum absolute atomic E-state index is 11.6. The molecule has 0 amide bonds. The molecule has 6 rings (SSSR count). The smallest absolute Gasteiger partial charge is 0.358 e. The van der Waals surface area contributed by atoms with Gasteiger partial charge in [0.15, 0.2) is 21.3 Å². The van der Waals surface area contributed by atoms with Crippen LogP contribution in [0.2, 0.25) is 0 Å². The molecule has 12 nitrogen and oxygen atoms in total. The predicted molar refractivity (Wildman–Crippen MR) is 160 cm³/mol. The first-order valence-electron chi connectivity index (χ1n) is 12.7. The third kappa shape index (κ3) is 5.84. The first-order chi connectivity index (χ1) is 20.3. The van der Waals surface area contributed by atoms with Gasteiger partial charge < -0.3 is 15.2 Å².